The number of fused-ring (bicyclic) bond motifs is 3. The lowest BCUT2D eigenvalue weighted by Crippen LogP contribution is -2.06. The first-order chi connectivity index (χ1) is 13.3. The molecular weight excluding hydrogens is 352 g/mol. The quantitative estimate of drug-likeness (QED) is 0.366. The van der Waals surface area contributed by atoms with Gasteiger partial charge in [-0.3, -0.25) is 4.40 Å². The highest BCUT2D eigenvalue weighted by molar-refractivity contribution is 8.33. The number of oxazole rings is 1. The summed E-state index contributed by atoms with van der Waals surface area (Å²) in [5.74, 6) is 1.68. The molecule has 3 aromatic carbocycles. The second-order valence-corrected chi connectivity index (χ2v) is 9.94. The first kappa shape index (κ1) is 16.2. The predicted molar refractivity (Wildman–Crippen MR) is 111 cm³/mol. The minimum atomic E-state index is -1.36. The third-order valence-electron chi connectivity index (χ3n) is 5.14. The highest BCUT2D eigenvalue weighted by atomic mass is 32.3. The van der Waals surface area contributed by atoms with Gasteiger partial charge >= 0.3 is 5.84 Å². The average molecular weight is 372 g/mol. The van der Waals surface area contributed by atoms with Crippen molar-refractivity contribution in [3.05, 3.63) is 91.3 Å². The molecular formula is C23H20N2OS. The largest absolute Gasteiger partial charge is 0.432 e. The van der Waals surface area contributed by atoms with Crippen molar-refractivity contribution in [3.63, 3.8) is 0 Å². The number of hydrogen-bond donors (Lipinski definition) is 0. The van der Waals surface area contributed by atoms with Gasteiger partial charge in [0.2, 0.25) is 0 Å². The Bertz CT molecular complexity index is 1170. The number of aromatic nitrogens is 2. The Balaban J connectivity index is 1.83. The Kier molecular flexibility index (Phi) is 3.80. The summed E-state index contributed by atoms with van der Waals surface area (Å²) in [7, 11) is -1.36. The number of hydrogen-bond acceptors (Lipinski definition) is 2. The molecule has 3 nitrogen and oxygen atoms in total. The standard InChI is InChI=1S/C23H20N2OS/c1-2-27(18-9-5-3-6-10-18,19-11-7-4-8-12-19)20-13-14-21-22(17-20)25-15-16-26-23(25)24-21/h3-17H,2H2,1H3. The van der Waals surface area contributed by atoms with Gasteiger partial charge in [-0.2, -0.15) is 15.0 Å². The van der Waals surface area contributed by atoms with Gasteiger partial charge in [0.25, 0.3) is 0 Å². The van der Waals surface area contributed by atoms with Crippen molar-refractivity contribution in [1.82, 2.24) is 9.38 Å². The van der Waals surface area contributed by atoms with Crippen molar-refractivity contribution < 1.29 is 4.42 Å². The summed E-state index contributed by atoms with van der Waals surface area (Å²) in [6.07, 6.45) is 3.62. The monoisotopic (exact) mass is 372 g/mol. The molecule has 0 aliphatic heterocycles. The van der Waals surface area contributed by atoms with Gasteiger partial charge in [-0.15, -0.1) is 0 Å². The lowest BCUT2D eigenvalue weighted by Gasteiger charge is -2.40. The number of nitrogens with zero attached hydrogens (tertiary/aromatic N) is 2. The maximum Gasteiger partial charge on any atom is 0.306 e. The topological polar surface area (TPSA) is 30.4 Å². The molecule has 0 spiro atoms. The Labute approximate surface area is 159 Å². The zero-order valence-electron chi connectivity index (χ0n) is 15.1. The van der Waals surface area contributed by atoms with Gasteiger partial charge in [0.05, 0.1) is 11.0 Å². The SMILES string of the molecule is CCS(c1ccccc1)(c1ccccc1)c1ccc2nc3occn3c2c1. The molecule has 0 atom stereocenters. The molecule has 5 aromatic rings. The molecule has 0 amide bonds. The molecule has 5 rings (SSSR count). The van der Waals surface area contributed by atoms with Crippen LogP contribution in [0, 0.1) is 0 Å². The molecule has 4 heteroatoms. The fraction of sp³-hybridized carbons (Fsp3) is 0.0870. The van der Waals surface area contributed by atoms with Gasteiger partial charge in [0, 0.05) is 11.1 Å². The molecule has 0 saturated heterocycles. The van der Waals surface area contributed by atoms with Crippen LogP contribution in [0.25, 0.3) is 16.9 Å². The lowest BCUT2D eigenvalue weighted by molar-refractivity contribution is 0.597. The molecule has 134 valence electrons. The zero-order chi connectivity index (χ0) is 18.3. The Morgan fingerprint density at radius 3 is 2.15 bits per heavy atom. The smallest absolute Gasteiger partial charge is 0.306 e. The van der Waals surface area contributed by atoms with Crippen LogP contribution >= 0.6 is 10.0 Å². The molecule has 0 saturated carbocycles. The van der Waals surface area contributed by atoms with Gasteiger partial charge in [-0.25, -0.2) is 0 Å². The van der Waals surface area contributed by atoms with E-state index in [1.54, 1.807) is 6.26 Å². The van der Waals surface area contributed by atoms with Crippen LogP contribution in [0.4, 0.5) is 0 Å². The Hall–Kier alpha value is -2.98. The van der Waals surface area contributed by atoms with E-state index >= 15 is 0 Å². The van der Waals surface area contributed by atoms with Crippen molar-refractivity contribution in [2.75, 3.05) is 5.75 Å². The van der Waals surface area contributed by atoms with E-state index in [1.165, 1.54) is 14.7 Å². The van der Waals surface area contributed by atoms with Crippen molar-refractivity contribution >= 4 is 26.9 Å². The molecule has 0 radical (unpaired) electrons. The summed E-state index contributed by atoms with van der Waals surface area (Å²) in [6.45, 7) is 2.29. The lowest BCUT2D eigenvalue weighted by atomic mass is 10.3. The van der Waals surface area contributed by atoms with E-state index in [0.29, 0.717) is 5.84 Å². The second-order valence-electron chi connectivity index (χ2n) is 6.47. The number of imidazole rings is 1. The highest BCUT2D eigenvalue weighted by Gasteiger charge is 2.29. The van der Waals surface area contributed by atoms with Crippen LogP contribution in [0.5, 0.6) is 0 Å². The zero-order valence-corrected chi connectivity index (χ0v) is 15.9. The van der Waals surface area contributed by atoms with Crippen LogP contribution in [-0.4, -0.2) is 15.1 Å². The summed E-state index contributed by atoms with van der Waals surface area (Å²) >= 11 is 0. The predicted octanol–water partition coefficient (Wildman–Crippen LogP) is 6.38. The minimum Gasteiger partial charge on any atom is -0.432 e. The van der Waals surface area contributed by atoms with Crippen molar-refractivity contribution in [1.29, 1.82) is 0 Å². The van der Waals surface area contributed by atoms with Crippen LogP contribution in [0.1, 0.15) is 6.92 Å². The van der Waals surface area contributed by atoms with Crippen molar-refractivity contribution in [3.8, 4) is 0 Å². The highest BCUT2D eigenvalue weighted by Crippen LogP contribution is 2.68. The fourth-order valence-electron chi connectivity index (χ4n) is 3.86. The first-order valence-corrected chi connectivity index (χ1v) is 10.9. The summed E-state index contributed by atoms with van der Waals surface area (Å²) in [6, 6.07) is 28.4. The summed E-state index contributed by atoms with van der Waals surface area (Å²) < 4.78 is 7.51. The first-order valence-electron chi connectivity index (χ1n) is 9.09. The van der Waals surface area contributed by atoms with E-state index in [2.05, 4.69) is 90.8 Å². The maximum atomic E-state index is 5.48. The summed E-state index contributed by atoms with van der Waals surface area (Å²) in [4.78, 5) is 8.68. The van der Waals surface area contributed by atoms with E-state index in [4.69, 9.17) is 4.42 Å². The fourth-order valence-corrected chi connectivity index (χ4v) is 7.53. The van der Waals surface area contributed by atoms with Gasteiger partial charge < -0.3 is 4.42 Å². The summed E-state index contributed by atoms with van der Waals surface area (Å²) in [5.41, 5.74) is 2.05. The van der Waals surface area contributed by atoms with Crippen LogP contribution in [0.3, 0.4) is 0 Å². The molecule has 0 aliphatic rings. The number of benzene rings is 3. The van der Waals surface area contributed by atoms with Crippen molar-refractivity contribution in [2.45, 2.75) is 21.6 Å². The molecule has 0 fully saturated rings. The van der Waals surface area contributed by atoms with Gasteiger partial charge in [0.15, 0.2) is 0 Å². The normalized spacial score (nSPS) is 12.6. The molecule has 2 aromatic heterocycles. The maximum absolute atomic E-state index is 5.48. The van der Waals surface area contributed by atoms with Crippen LogP contribution in [0.15, 0.2) is 110 Å². The molecule has 0 N–H and O–H groups in total. The van der Waals surface area contributed by atoms with Crippen molar-refractivity contribution in [2.24, 2.45) is 0 Å². The Morgan fingerprint density at radius 1 is 0.852 bits per heavy atom. The molecule has 27 heavy (non-hydrogen) atoms. The minimum absolute atomic E-state index is 0.638. The third-order valence-corrected chi connectivity index (χ3v) is 9.22. The summed E-state index contributed by atoms with van der Waals surface area (Å²) in [5, 5.41) is 0. The van der Waals surface area contributed by atoms with Gasteiger partial charge in [-0.1, -0.05) is 43.3 Å². The van der Waals surface area contributed by atoms with Gasteiger partial charge in [-0.05, 0) is 58.0 Å². The second kappa shape index (κ2) is 6.32. The van der Waals surface area contributed by atoms with Crippen LogP contribution in [-0.2, 0) is 0 Å². The van der Waals surface area contributed by atoms with Crippen LogP contribution in [0.2, 0.25) is 0 Å². The van der Waals surface area contributed by atoms with E-state index in [0.717, 1.165) is 16.8 Å². The molecule has 2 heterocycles. The molecule has 0 aliphatic carbocycles. The number of rotatable bonds is 4. The third kappa shape index (κ3) is 2.41. The Morgan fingerprint density at radius 2 is 1.52 bits per heavy atom. The van der Waals surface area contributed by atoms with Gasteiger partial charge in [0.1, 0.15) is 6.26 Å². The molecule has 0 bridgehead atoms. The molecule has 0 unspecified atom stereocenters. The van der Waals surface area contributed by atoms with E-state index < -0.39 is 10.0 Å². The van der Waals surface area contributed by atoms with Crippen LogP contribution < -0.4 is 0 Å². The van der Waals surface area contributed by atoms with E-state index in [9.17, 15) is 0 Å². The average Bonchev–Trinajstić information content (AvgIpc) is 3.32. The van der Waals surface area contributed by atoms with E-state index in [1.807, 2.05) is 10.6 Å². The van der Waals surface area contributed by atoms with E-state index in [-0.39, 0.29) is 0 Å².